The van der Waals surface area contributed by atoms with E-state index in [2.05, 4.69) is 11.4 Å². The molecule has 94 valence electrons. The molecule has 1 saturated carbocycles. The van der Waals surface area contributed by atoms with Crippen molar-refractivity contribution in [3.8, 4) is 5.75 Å². The number of benzene rings is 1. The Kier molecular flexibility index (Phi) is 4.72. The van der Waals surface area contributed by atoms with E-state index < -0.39 is 0 Å². The first-order valence-corrected chi connectivity index (χ1v) is 6.77. The van der Waals surface area contributed by atoms with Crippen molar-refractivity contribution >= 4 is 5.69 Å². The molecule has 2 nitrogen and oxygen atoms in total. The van der Waals surface area contributed by atoms with E-state index in [1.807, 2.05) is 18.2 Å². The molecule has 0 radical (unpaired) electrons. The summed E-state index contributed by atoms with van der Waals surface area (Å²) in [5.74, 6) is 1.88. The fourth-order valence-corrected chi connectivity index (χ4v) is 2.68. The molecule has 1 aromatic rings. The Morgan fingerprint density at radius 1 is 1.18 bits per heavy atom. The third kappa shape index (κ3) is 3.65. The number of methoxy groups -OCH3 is 1. The van der Waals surface area contributed by atoms with Gasteiger partial charge in [0.1, 0.15) is 5.75 Å². The van der Waals surface area contributed by atoms with Crippen LogP contribution in [0.25, 0.3) is 0 Å². The van der Waals surface area contributed by atoms with Crippen LogP contribution < -0.4 is 10.1 Å². The fraction of sp³-hybridized carbons (Fsp3) is 0.600. The Balaban J connectivity index is 1.77. The molecule has 1 fully saturated rings. The SMILES string of the molecule is COc1ccccc1NCCC1CCCCC1. The van der Waals surface area contributed by atoms with Crippen LogP contribution in [-0.4, -0.2) is 13.7 Å². The van der Waals surface area contributed by atoms with E-state index in [-0.39, 0.29) is 0 Å². The summed E-state index contributed by atoms with van der Waals surface area (Å²) < 4.78 is 5.33. The van der Waals surface area contributed by atoms with Gasteiger partial charge >= 0.3 is 0 Å². The minimum Gasteiger partial charge on any atom is -0.495 e. The maximum atomic E-state index is 5.33. The highest BCUT2D eigenvalue weighted by Gasteiger charge is 2.12. The third-order valence-electron chi connectivity index (χ3n) is 3.70. The predicted octanol–water partition coefficient (Wildman–Crippen LogP) is 4.08. The van der Waals surface area contributed by atoms with Crippen LogP contribution >= 0.6 is 0 Å². The summed E-state index contributed by atoms with van der Waals surface area (Å²) in [5, 5.41) is 3.49. The number of ether oxygens (including phenoxy) is 1. The minimum atomic E-state index is 0.936. The Labute approximate surface area is 104 Å². The molecule has 0 bridgehead atoms. The lowest BCUT2D eigenvalue weighted by Crippen LogP contribution is -2.12. The summed E-state index contributed by atoms with van der Waals surface area (Å²) in [7, 11) is 1.72. The van der Waals surface area contributed by atoms with Gasteiger partial charge in [-0.15, -0.1) is 0 Å². The normalized spacial score (nSPS) is 16.8. The van der Waals surface area contributed by atoms with Crippen LogP contribution in [0.1, 0.15) is 38.5 Å². The van der Waals surface area contributed by atoms with Crippen LogP contribution in [0.3, 0.4) is 0 Å². The van der Waals surface area contributed by atoms with Gasteiger partial charge < -0.3 is 10.1 Å². The Bertz CT molecular complexity index is 331. The highest BCUT2D eigenvalue weighted by atomic mass is 16.5. The maximum absolute atomic E-state index is 5.33. The molecule has 0 amide bonds. The summed E-state index contributed by atoms with van der Waals surface area (Å²) >= 11 is 0. The first-order chi connectivity index (χ1) is 8.40. The molecule has 0 saturated heterocycles. The second kappa shape index (κ2) is 6.53. The van der Waals surface area contributed by atoms with E-state index in [4.69, 9.17) is 4.74 Å². The average Bonchev–Trinajstić information content (AvgIpc) is 2.40. The first kappa shape index (κ1) is 12.3. The van der Waals surface area contributed by atoms with Gasteiger partial charge in [0.25, 0.3) is 0 Å². The van der Waals surface area contributed by atoms with Gasteiger partial charge in [0, 0.05) is 6.54 Å². The first-order valence-electron chi connectivity index (χ1n) is 6.77. The standard InChI is InChI=1S/C15H23NO/c1-17-15-10-6-5-9-14(15)16-12-11-13-7-3-2-4-8-13/h5-6,9-10,13,16H,2-4,7-8,11-12H2,1H3. The van der Waals surface area contributed by atoms with E-state index >= 15 is 0 Å². The number of hydrogen-bond acceptors (Lipinski definition) is 2. The molecule has 17 heavy (non-hydrogen) atoms. The van der Waals surface area contributed by atoms with Gasteiger partial charge in [-0.3, -0.25) is 0 Å². The van der Waals surface area contributed by atoms with Crippen molar-refractivity contribution in [3.05, 3.63) is 24.3 Å². The van der Waals surface area contributed by atoms with Crippen molar-refractivity contribution in [2.75, 3.05) is 19.0 Å². The van der Waals surface area contributed by atoms with Gasteiger partial charge in [-0.2, -0.15) is 0 Å². The van der Waals surface area contributed by atoms with Gasteiger partial charge in [0.15, 0.2) is 0 Å². The lowest BCUT2D eigenvalue weighted by molar-refractivity contribution is 0.345. The van der Waals surface area contributed by atoms with Gasteiger partial charge in [-0.1, -0.05) is 44.2 Å². The van der Waals surface area contributed by atoms with Crippen LogP contribution in [-0.2, 0) is 0 Å². The van der Waals surface area contributed by atoms with Crippen molar-refractivity contribution in [1.82, 2.24) is 0 Å². The topological polar surface area (TPSA) is 21.3 Å². The summed E-state index contributed by atoms with van der Waals surface area (Å²) in [6.45, 7) is 1.06. The molecule has 1 N–H and O–H groups in total. The third-order valence-corrected chi connectivity index (χ3v) is 3.70. The molecular weight excluding hydrogens is 210 g/mol. The number of para-hydroxylation sites is 2. The zero-order valence-electron chi connectivity index (χ0n) is 10.7. The van der Waals surface area contributed by atoms with Crippen molar-refractivity contribution < 1.29 is 4.74 Å². The summed E-state index contributed by atoms with van der Waals surface area (Å²) in [6.07, 6.45) is 8.44. The molecule has 0 aliphatic heterocycles. The zero-order chi connectivity index (χ0) is 11.9. The van der Waals surface area contributed by atoms with Gasteiger partial charge in [-0.05, 0) is 24.5 Å². The van der Waals surface area contributed by atoms with Gasteiger partial charge in [0.05, 0.1) is 12.8 Å². The molecule has 0 heterocycles. The lowest BCUT2D eigenvalue weighted by Gasteiger charge is -2.21. The van der Waals surface area contributed by atoms with Crippen LogP contribution in [0.4, 0.5) is 5.69 Å². The van der Waals surface area contributed by atoms with E-state index in [1.165, 1.54) is 38.5 Å². The van der Waals surface area contributed by atoms with Crippen LogP contribution in [0.15, 0.2) is 24.3 Å². The van der Waals surface area contributed by atoms with E-state index in [0.29, 0.717) is 0 Å². The quantitative estimate of drug-likeness (QED) is 0.827. The predicted molar refractivity (Wildman–Crippen MR) is 72.7 cm³/mol. The number of rotatable bonds is 5. The van der Waals surface area contributed by atoms with E-state index in [1.54, 1.807) is 7.11 Å². The maximum Gasteiger partial charge on any atom is 0.141 e. The van der Waals surface area contributed by atoms with Crippen molar-refractivity contribution in [2.24, 2.45) is 5.92 Å². The molecule has 2 heteroatoms. The molecule has 0 spiro atoms. The molecule has 1 aliphatic carbocycles. The Morgan fingerprint density at radius 3 is 2.71 bits per heavy atom. The highest BCUT2D eigenvalue weighted by molar-refractivity contribution is 5.55. The molecule has 0 unspecified atom stereocenters. The van der Waals surface area contributed by atoms with Gasteiger partial charge in [-0.25, -0.2) is 0 Å². The largest absolute Gasteiger partial charge is 0.495 e. The minimum absolute atomic E-state index is 0.936. The summed E-state index contributed by atoms with van der Waals surface area (Å²) in [4.78, 5) is 0. The van der Waals surface area contributed by atoms with Gasteiger partial charge in [0.2, 0.25) is 0 Å². The summed E-state index contributed by atoms with van der Waals surface area (Å²) in [5.41, 5.74) is 1.12. The number of hydrogen-bond donors (Lipinski definition) is 1. The molecular formula is C15H23NO. The van der Waals surface area contributed by atoms with Crippen molar-refractivity contribution in [2.45, 2.75) is 38.5 Å². The van der Waals surface area contributed by atoms with E-state index in [9.17, 15) is 0 Å². The van der Waals surface area contributed by atoms with E-state index in [0.717, 1.165) is 23.9 Å². The molecule has 0 atom stereocenters. The summed E-state index contributed by atoms with van der Waals surface area (Å²) in [6, 6.07) is 8.14. The Morgan fingerprint density at radius 2 is 1.94 bits per heavy atom. The zero-order valence-corrected chi connectivity index (χ0v) is 10.7. The second-order valence-electron chi connectivity index (χ2n) is 4.92. The highest BCUT2D eigenvalue weighted by Crippen LogP contribution is 2.27. The van der Waals surface area contributed by atoms with Crippen LogP contribution in [0, 0.1) is 5.92 Å². The average molecular weight is 233 g/mol. The van der Waals surface area contributed by atoms with Crippen molar-refractivity contribution in [1.29, 1.82) is 0 Å². The smallest absolute Gasteiger partial charge is 0.141 e. The monoisotopic (exact) mass is 233 g/mol. The van der Waals surface area contributed by atoms with Crippen LogP contribution in [0.2, 0.25) is 0 Å². The Hall–Kier alpha value is -1.18. The molecule has 2 rings (SSSR count). The van der Waals surface area contributed by atoms with Crippen LogP contribution in [0.5, 0.6) is 5.75 Å². The molecule has 1 aliphatic rings. The number of anilines is 1. The lowest BCUT2D eigenvalue weighted by atomic mass is 9.87. The fourth-order valence-electron chi connectivity index (χ4n) is 2.68. The van der Waals surface area contributed by atoms with Crippen molar-refractivity contribution in [3.63, 3.8) is 0 Å². The second-order valence-corrected chi connectivity index (χ2v) is 4.92. The molecule has 0 aromatic heterocycles. The number of nitrogens with one attached hydrogen (secondary N) is 1. The molecule has 1 aromatic carbocycles.